The number of hydrogen-bond donors (Lipinski definition) is 1. The number of halogens is 1. The maximum Gasteiger partial charge on any atom is 0.253 e. The molecule has 0 saturated carbocycles. The van der Waals surface area contributed by atoms with E-state index in [1.54, 1.807) is 11.4 Å². The van der Waals surface area contributed by atoms with Crippen molar-refractivity contribution in [3.05, 3.63) is 15.9 Å². The summed E-state index contributed by atoms with van der Waals surface area (Å²) in [7, 11) is -3.39. The molecule has 0 radical (unpaired) electrons. The van der Waals surface area contributed by atoms with Gasteiger partial charge in [0.25, 0.3) is 10.0 Å². The van der Waals surface area contributed by atoms with Gasteiger partial charge in [0.2, 0.25) is 0 Å². The van der Waals surface area contributed by atoms with Gasteiger partial charge in [-0.3, -0.25) is 0 Å². The lowest BCUT2D eigenvalue weighted by Crippen LogP contribution is -2.40. The van der Waals surface area contributed by atoms with Crippen LogP contribution in [0.15, 0.2) is 20.1 Å². The molecular weight excluding hydrogens is 354 g/mol. The molecule has 1 aliphatic rings. The summed E-state index contributed by atoms with van der Waals surface area (Å²) < 4.78 is 32.7. The topological polar surface area (TPSA) is 66.8 Å². The molecule has 2 rings (SSSR count). The van der Waals surface area contributed by atoms with E-state index in [2.05, 4.69) is 15.9 Å². The van der Waals surface area contributed by atoms with Crippen LogP contribution in [-0.2, 0) is 14.8 Å². The molecule has 0 amide bonds. The van der Waals surface area contributed by atoms with Crippen LogP contribution in [0.4, 0.5) is 0 Å². The van der Waals surface area contributed by atoms with Crippen molar-refractivity contribution in [2.24, 2.45) is 0 Å². The standard InChI is InChI=1S/C11H16BrNO4S2/c12-10-3-8-18-11(10)19(15,16)13-4-1-9(2-5-13)17-7-6-14/h3,8-9,14H,1-2,4-7H2. The van der Waals surface area contributed by atoms with E-state index in [0.29, 0.717) is 41.2 Å². The third-order valence-electron chi connectivity index (χ3n) is 3.00. The predicted molar refractivity (Wildman–Crippen MR) is 76.8 cm³/mol. The summed E-state index contributed by atoms with van der Waals surface area (Å²) in [6, 6.07) is 1.74. The average molecular weight is 370 g/mol. The van der Waals surface area contributed by atoms with Gasteiger partial charge < -0.3 is 9.84 Å². The van der Waals surface area contributed by atoms with E-state index in [4.69, 9.17) is 9.84 Å². The number of thiophene rings is 1. The highest BCUT2D eigenvalue weighted by molar-refractivity contribution is 9.10. The number of nitrogens with zero attached hydrogens (tertiary/aromatic N) is 1. The Bertz CT molecular complexity index is 509. The first kappa shape index (κ1) is 15.4. The van der Waals surface area contributed by atoms with Crippen molar-refractivity contribution in [3.63, 3.8) is 0 Å². The smallest absolute Gasteiger partial charge is 0.253 e. The van der Waals surface area contributed by atoms with Crippen LogP contribution in [0.1, 0.15) is 12.8 Å². The Kier molecular flexibility index (Phi) is 5.38. The maximum atomic E-state index is 12.4. The van der Waals surface area contributed by atoms with Crippen molar-refractivity contribution in [1.82, 2.24) is 4.31 Å². The van der Waals surface area contributed by atoms with E-state index < -0.39 is 10.0 Å². The normalized spacial score (nSPS) is 18.8. The molecular formula is C11H16BrNO4S2. The van der Waals surface area contributed by atoms with Crippen LogP contribution in [-0.4, -0.2) is 50.2 Å². The number of piperidine rings is 1. The zero-order chi connectivity index (χ0) is 13.9. The fourth-order valence-electron chi connectivity index (χ4n) is 2.04. The van der Waals surface area contributed by atoms with Crippen molar-refractivity contribution in [2.75, 3.05) is 26.3 Å². The first-order chi connectivity index (χ1) is 9.05. The summed E-state index contributed by atoms with van der Waals surface area (Å²) in [5.74, 6) is 0. The van der Waals surface area contributed by atoms with Crippen molar-refractivity contribution in [2.45, 2.75) is 23.2 Å². The van der Waals surface area contributed by atoms with Gasteiger partial charge in [-0.15, -0.1) is 11.3 Å². The van der Waals surface area contributed by atoms with Gasteiger partial charge in [0.05, 0.1) is 19.3 Å². The lowest BCUT2D eigenvalue weighted by molar-refractivity contribution is 0.00320. The van der Waals surface area contributed by atoms with E-state index in [1.807, 2.05) is 0 Å². The number of aliphatic hydroxyl groups excluding tert-OH is 1. The molecule has 1 aliphatic heterocycles. The molecule has 1 fully saturated rings. The van der Waals surface area contributed by atoms with Gasteiger partial charge in [-0.25, -0.2) is 8.42 Å². The molecule has 8 heteroatoms. The first-order valence-electron chi connectivity index (χ1n) is 6.01. The van der Waals surface area contributed by atoms with Gasteiger partial charge in [-0.2, -0.15) is 4.31 Å². The lowest BCUT2D eigenvalue weighted by atomic mass is 10.1. The maximum absolute atomic E-state index is 12.4. The molecule has 0 aromatic carbocycles. The van der Waals surface area contributed by atoms with Gasteiger partial charge in [-0.05, 0) is 40.2 Å². The van der Waals surface area contributed by atoms with Gasteiger partial charge in [0.15, 0.2) is 0 Å². The fraction of sp³-hybridized carbons (Fsp3) is 0.636. The molecule has 108 valence electrons. The molecule has 2 heterocycles. The third kappa shape index (κ3) is 3.56. The summed E-state index contributed by atoms with van der Waals surface area (Å²) in [6.45, 7) is 1.24. The van der Waals surface area contributed by atoms with Crippen LogP contribution in [0.3, 0.4) is 0 Å². The first-order valence-corrected chi connectivity index (χ1v) is 9.12. The van der Waals surface area contributed by atoms with Gasteiger partial charge >= 0.3 is 0 Å². The molecule has 0 spiro atoms. The van der Waals surface area contributed by atoms with E-state index >= 15 is 0 Å². The molecule has 0 atom stereocenters. The third-order valence-corrected chi connectivity index (χ3v) is 7.55. The van der Waals surface area contributed by atoms with Crippen molar-refractivity contribution in [3.8, 4) is 0 Å². The molecule has 5 nitrogen and oxygen atoms in total. The van der Waals surface area contributed by atoms with Crippen LogP contribution in [0.5, 0.6) is 0 Å². The summed E-state index contributed by atoms with van der Waals surface area (Å²) in [5.41, 5.74) is 0. The van der Waals surface area contributed by atoms with Crippen LogP contribution in [0.25, 0.3) is 0 Å². The van der Waals surface area contributed by atoms with Crippen molar-refractivity contribution < 1.29 is 18.3 Å². The fourth-order valence-corrected chi connectivity index (χ4v) is 5.96. The Hall–Kier alpha value is 0.01000. The van der Waals surface area contributed by atoms with Crippen LogP contribution in [0, 0.1) is 0 Å². The van der Waals surface area contributed by atoms with Crippen molar-refractivity contribution in [1.29, 1.82) is 0 Å². The Morgan fingerprint density at radius 3 is 2.68 bits per heavy atom. The number of hydrogen-bond acceptors (Lipinski definition) is 5. The zero-order valence-electron chi connectivity index (χ0n) is 10.3. The lowest BCUT2D eigenvalue weighted by Gasteiger charge is -2.30. The molecule has 1 aromatic rings. The highest BCUT2D eigenvalue weighted by Gasteiger charge is 2.31. The Morgan fingerprint density at radius 2 is 2.16 bits per heavy atom. The SMILES string of the molecule is O=S(=O)(c1sccc1Br)N1CCC(OCCO)CC1. The Morgan fingerprint density at radius 1 is 1.47 bits per heavy atom. The summed E-state index contributed by atoms with van der Waals surface area (Å²) in [4.78, 5) is 0. The largest absolute Gasteiger partial charge is 0.394 e. The number of sulfonamides is 1. The summed E-state index contributed by atoms with van der Waals surface area (Å²) in [5, 5.41) is 10.5. The number of aliphatic hydroxyl groups is 1. The number of rotatable bonds is 5. The molecule has 19 heavy (non-hydrogen) atoms. The van der Waals surface area contributed by atoms with Gasteiger partial charge in [-0.1, -0.05) is 0 Å². The van der Waals surface area contributed by atoms with Crippen LogP contribution >= 0.6 is 27.3 Å². The minimum absolute atomic E-state index is 0.000650. The van der Waals surface area contributed by atoms with Gasteiger partial charge in [0.1, 0.15) is 4.21 Å². The minimum Gasteiger partial charge on any atom is -0.394 e. The van der Waals surface area contributed by atoms with E-state index in [-0.39, 0.29) is 12.7 Å². The molecule has 0 bridgehead atoms. The predicted octanol–water partition coefficient (Wildman–Crippen LogP) is 1.67. The monoisotopic (exact) mass is 369 g/mol. The highest BCUT2D eigenvalue weighted by atomic mass is 79.9. The van der Waals surface area contributed by atoms with Crippen LogP contribution < -0.4 is 0 Å². The summed E-state index contributed by atoms with van der Waals surface area (Å²) >= 11 is 4.49. The van der Waals surface area contributed by atoms with E-state index in [0.717, 1.165) is 0 Å². The highest BCUT2D eigenvalue weighted by Crippen LogP contribution is 2.31. The molecule has 1 N–H and O–H groups in total. The van der Waals surface area contributed by atoms with Crippen molar-refractivity contribution >= 4 is 37.3 Å². The molecule has 0 aliphatic carbocycles. The Balaban J connectivity index is 2.00. The van der Waals surface area contributed by atoms with Crippen LogP contribution in [0.2, 0.25) is 0 Å². The van der Waals surface area contributed by atoms with E-state index in [1.165, 1.54) is 15.6 Å². The Labute approximate surface area is 125 Å². The van der Waals surface area contributed by atoms with E-state index in [9.17, 15) is 8.42 Å². The zero-order valence-corrected chi connectivity index (χ0v) is 13.5. The molecule has 0 unspecified atom stereocenters. The second-order valence-electron chi connectivity index (χ2n) is 4.25. The van der Waals surface area contributed by atoms with Gasteiger partial charge in [0, 0.05) is 17.6 Å². The molecule has 1 saturated heterocycles. The quantitative estimate of drug-likeness (QED) is 0.857. The second-order valence-corrected chi connectivity index (χ2v) is 8.16. The molecule has 1 aromatic heterocycles. The average Bonchev–Trinajstić information content (AvgIpc) is 2.84. The second kappa shape index (κ2) is 6.64. The summed E-state index contributed by atoms with van der Waals surface area (Å²) in [6.07, 6.45) is 1.38. The minimum atomic E-state index is -3.39. The number of ether oxygens (including phenoxy) is 1.